The largest absolute Gasteiger partial charge is 0.486 e. The number of nitrogens with one attached hydrogen (secondary N) is 1. The Morgan fingerprint density at radius 3 is 2.61 bits per heavy atom. The number of aromatic nitrogens is 1. The molecule has 0 spiro atoms. The van der Waals surface area contributed by atoms with Gasteiger partial charge in [-0.25, -0.2) is 4.98 Å². The van der Waals surface area contributed by atoms with Crippen LogP contribution < -0.4 is 15.0 Å². The second-order valence-electron chi connectivity index (χ2n) is 7.26. The molecule has 1 atom stereocenters. The first-order valence-electron chi connectivity index (χ1n) is 10.1. The number of ether oxygens (including phenoxy) is 2. The van der Waals surface area contributed by atoms with Crippen molar-refractivity contribution in [2.45, 2.75) is 19.6 Å². The van der Waals surface area contributed by atoms with Gasteiger partial charge in [-0.2, -0.15) is 0 Å². The van der Waals surface area contributed by atoms with Crippen LogP contribution >= 0.6 is 22.9 Å². The molecule has 2 aromatic carbocycles. The average Bonchev–Trinajstić information content (AvgIpc) is 3.29. The zero-order valence-electron chi connectivity index (χ0n) is 17.2. The third kappa shape index (κ3) is 5.76. The fraction of sp³-hybridized carbons (Fsp3) is 0.304. The zero-order valence-corrected chi connectivity index (χ0v) is 18.8. The van der Waals surface area contributed by atoms with Crippen LogP contribution in [0.4, 0.5) is 5.69 Å². The highest BCUT2D eigenvalue weighted by molar-refractivity contribution is 7.09. The van der Waals surface area contributed by atoms with Gasteiger partial charge in [-0.3, -0.25) is 4.79 Å². The number of benzene rings is 2. The van der Waals surface area contributed by atoms with Gasteiger partial charge in [-0.05, 0) is 48.9 Å². The van der Waals surface area contributed by atoms with Crippen molar-refractivity contribution >= 4 is 34.5 Å². The lowest BCUT2D eigenvalue weighted by Crippen LogP contribution is -2.36. The van der Waals surface area contributed by atoms with Crippen LogP contribution in [0.1, 0.15) is 34.0 Å². The summed E-state index contributed by atoms with van der Waals surface area (Å²) in [6.45, 7) is 5.60. The molecule has 4 rings (SSSR count). The van der Waals surface area contributed by atoms with Gasteiger partial charge < -0.3 is 19.7 Å². The summed E-state index contributed by atoms with van der Waals surface area (Å²) in [6, 6.07) is 15.3. The molecule has 1 unspecified atom stereocenters. The van der Waals surface area contributed by atoms with Gasteiger partial charge in [0, 0.05) is 29.2 Å². The van der Waals surface area contributed by atoms with Gasteiger partial charge in [0.2, 0.25) is 0 Å². The molecule has 1 aliphatic rings. The normalized spacial score (nSPS) is 14.8. The lowest BCUT2D eigenvalue weighted by Gasteiger charge is -2.29. The van der Waals surface area contributed by atoms with Crippen molar-refractivity contribution in [3.63, 3.8) is 0 Å². The lowest BCUT2D eigenvalue weighted by molar-refractivity contribution is 0.0935. The summed E-state index contributed by atoms with van der Waals surface area (Å²) in [5.74, 6) is 0.512. The van der Waals surface area contributed by atoms with E-state index in [-0.39, 0.29) is 11.9 Å². The molecular formula is C23H24ClN3O3S. The molecule has 0 saturated carbocycles. The molecule has 1 amide bonds. The van der Waals surface area contributed by atoms with Gasteiger partial charge in [0.15, 0.2) is 0 Å². The number of rotatable bonds is 7. The fourth-order valence-electron chi connectivity index (χ4n) is 3.31. The Balaban J connectivity index is 1.31. The van der Waals surface area contributed by atoms with Crippen molar-refractivity contribution in [2.24, 2.45) is 0 Å². The number of thiazole rings is 1. The Labute approximate surface area is 190 Å². The Morgan fingerprint density at radius 2 is 1.90 bits per heavy atom. The molecule has 0 bridgehead atoms. The second kappa shape index (κ2) is 10.1. The van der Waals surface area contributed by atoms with E-state index in [1.165, 1.54) is 17.0 Å². The fourth-order valence-corrected chi connectivity index (χ4v) is 4.12. The van der Waals surface area contributed by atoms with E-state index >= 15 is 0 Å². The molecule has 0 radical (unpaired) electrons. The molecule has 1 aliphatic heterocycles. The van der Waals surface area contributed by atoms with E-state index in [1.54, 1.807) is 29.6 Å². The summed E-state index contributed by atoms with van der Waals surface area (Å²) in [4.78, 5) is 19.3. The van der Waals surface area contributed by atoms with Crippen molar-refractivity contribution in [1.29, 1.82) is 0 Å². The number of nitrogens with zero attached hydrogens (tertiary/aromatic N) is 2. The molecule has 6 nitrogen and oxygen atoms in total. The Morgan fingerprint density at radius 1 is 1.19 bits per heavy atom. The van der Waals surface area contributed by atoms with E-state index in [0.717, 1.165) is 36.9 Å². The smallest absolute Gasteiger partial charge is 0.271 e. The number of anilines is 1. The number of carbonyl (C=O) groups excluding carboxylic acids is 1. The Bertz CT molecular complexity index is 1000. The molecule has 1 aromatic heterocycles. The third-order valence-corrected chi connectivity index (χ3v) is 6.15. The molecule has 162 valence electrons. The third-order valence-electron chi connectivity index (χ3n) is 5.08. The molecule has 3 aromatic rings. The van der Waals surface area contributed by atoms with Crippen LogP contribution in [0, 0.1) is 0 Å². The maximum absolute atomic E-state index is 12.6. The molecule has 8 heteroatoms. The quantitative estimate of drug-likeness (QED) is 0.557. The van der Waals surface area contributed by atoms with Crippen molar-refractivity contribution in [3.8, 4) is 5.75 Å². The number of hydrogen-bond donors (Lipinski definition) is 1. The highest BCUT2D eigenvalue weighted by Crippen LogP contribution is 2.21. The van der Waals surface area contributed by atoms with Crippen LogP contribution in [-0.2, 0) is 11.3 Å². The molecule has 0 aliphatic carbocycles. The van der Waals surface area contributed by atoms with E-state index < -0.39 is 0 Å². The minimum Gasteiger partial charge on any atom is -0.486 e. The highest BCUT2D eigenvalue weighted by Gasteiger charge is 2.16. The van der Waals surface area contributed by atoms with Gasteiger partial charge in [-0.15, -0.1) is 11.3 Å². The first-order valence-corrected chi connectivity index (χ1v) is 11.4. The number of carbonyl (C=O) groups is 1. The topological polar surface area (TPSA) is 63.7 Å². The zero-order chi connectivity index (χ0) is 21.6. The van der Waals surface area contributed by atoms with Crippen LogP contribution in [-0.4, -0.2) is 37.2 Å². The molecule has 1 fully saturated rings. The van der Waals surface area contributed by atoms with Crippen LogP contribution in [0.3, 0.4) is 0 Å². The molecule has 2 heterocycles. The predicted molar refractivity (Wildman–Crippen MR) is 123 cm³/mol. The van der Waals surface area contributed by atoms with Gasteiger partial charge in [0.1, 0.15) is 23.1 Å². The summed E-state index contributed by atoms with van der Waals surface area (Å²) in [7, 11) is 0. The van der Waals surface area contributed by atoms with Gasteiger partial charge in [0.05, 0.1) is 19.3 Å². The van der Waals surface area contributed by atoms with E-state index in [9.17, 15) is 4.79 Å². The first kappa shape index (κ1) is 21.6. The summed E-state index contributed by atoms with van der Waals surface area (Å²) in [5, 5.41) is 6.17. The molecule has 1 N–H and O–H groups in total. The van der Waals surface area contributed by atoms with E-state index in [2.05, 4.69) is 39.5 Å². The van der Waals surface area contributed by atoms with Crippen molar-refractivity contribution in [3.05, 3.63) is 75.2 Å². The standard InChI is InChI=1S/C23H24ClN3O3S/c1-16(17-2-6-19(7-3-17)27-10-12-29-13-11-27)25-23(28)21-15-31-22(26-21)14-30-20-8-4-18(24)5-9-20/h2-9,15-16H,10-14H2,1H3,(H,25,28). The molecule has 31 heavy (non-hydrogen) atoms. The average molecular weight is 458 g/mol. The van der Waals surface area contributed by atoms with E-state index in [1.807, 2.05) is 6.92 Å². The highest BCUT2D eigenvalue weighted by atomic mass is 35.5. The number of halogens is 1. The van der Waals surface area contributed by atoms with Crippen molar-refractivity contribution < 1.29 is 14.3 Å². The summed E-state index contributed by atoms with van der Waals surface area (Å²) in [5.41, 5.74) is 2.62. The van der Waals surface area contributed by atoms with Gasteiger partial charge in [-0.1, -0.05) is 23.7 Å². The summed E-state index contributed by atoms with van der Waals surface area (Å²) in [6.07, 6.45) is 0. The predicted octanol–water partition coefficient (Wildman–Crippen LogP) is 4.70. The van der Waals surface area contributed by atoms with E-state index in [0.29, 0.717) is 23.1 Å². The number of hydrogen-bond acceptors (Lipinski definition) is 6. The van der Waals surface area contributed by atoms with E-state index in [4.69, 9.17) is 21.1 Å². The van der Waals surface area contributed by atoms with Gasteiger partial charge in [0.25, 0.3) is 5.91 Å². The Kier molecular flexibility index (Phi) is 7.06. The summed E-state index contributed by atoms with van der Waals surface area (Å²) >= 11 is 7.28. The van der Waals surface area contributed by atoms with Crippen molar-refractivity contribution in [2.75, 3.05) is 31.2 Å². The number of amides is 1. The monoisotopic (exact) mass is 457 g/mol. The maximum atomic E-state index is 12.6. The summed E-state index contributed by atoms with van der Waals surface area (Å²) < 4.78 is 11.1. The van der Waals surface area contributed by atoms with Crippen LogP contribution in [0.25, 0.3) is 0 Å². The van der Waals surface area contributed by atoms with Crippen LogP contribution in [0.5, 0.6) is 5.75 Å². The van der Waals surface area contributed by atoms with Crippen molar-refractivity contribution in [1.82, 2.24) is 10.3 Å². The second-order valence-corrected chi connectivity index (χ2v) is 8.63. The van der Waals surface area contributed by atoms with Crippen LogP contribution in [0.2, 0.25) is 5.02 Å². The lowest BCUT2D eigenvalue weighted by atomic mass is 10.1. The Hall–Kier alpha value is -2.61. The van der Waals surface area contributed by atoms with Crippen LogP contribution in [0.15, 0.2) is 53.9 Å². The molecular weight excluding hydrogens is 434 g/mol. The first-order chi connectivity index (χ1) is 15.1. The number of morpholine rings is 1. The van der Waals surface area contributed by atoms with Gasteiger partial charge >= 0.3 is 0 Å². The maximum Gasteiger partial charge on any atom is 0.271 e. The SMILES string of the molecule is CC(NC(=O)c1csc(COc2ccc(Cl)cc2)n1)c1ccc(N2CCOCC2)cc1. The minimum absolute atomic E-state index is 0.123. The minimum atomic E-state index is -0.196. The molecule has 1 saturated heterocycles.